The molecule has 4 amide bonds. The summed E-state index contributed by atoms with van der Waals surface area (Å²) in [7, 11) is 0. The van der Waals surface area contributed by atoms with Gasteiger partial charge in [0.15, 0.2) is 0 Å². The maximum absolute atomic E-state index is 12.7. The van der Waals surface area contributed by atoms with Crippen LogP contribution < -0.4 is 5.32 Å². The number of urea groups is 1. The first-order chi connectivity index (χ1) is 9.47. The van der Waals surface area contributed by atoms with Gasteiger partial charge in [0.05, 0.1) is 0 Å². The zero-order valence-corrected chi connectivity index (χ0v) is 12.0. The van der Waals surface area contributed by atoms with Crippen molar-refractivity contribution in [1.82, 2.24) is 10.2 Å². The number of nitrogens with one attached hydrogen (secondary N) is 1. The van der Waals surface area contributed by atoms with Crippen molar-refractivity contribution in [3.63, 3.8) is 0 Å². The second-order valence-electron chi connectivity index (χ2n) is 6.96. The zero-order chi connectivity index (χ0) is 14.4. The monoisotopic (exact) mass is 278 g/mol. The fourth-order valence-electron chi connectivity index (χ4n) is 4.06. The van der Waals surface area contributed by atoms with Crippen LogP contribution in [0.5, 0.6) is 0 Å². The summed E-state index contributed by atoms with van der Waals surface area (Å²) in [5.74, 6) is -0.630. The van der Waals surface area contributed by atoms with Gasteiger partial charge < -0.3 is 0 Å². The summed E-state index contributed by atoms with van der Waals surface area (Å²) in [6, 6.07) is -0.523. The topological polar surface area (TPSA) is 66.5 Å². The Labute approximate surface area is 119 Å². The van der Waals surface area contributed by atoms with Crippen molar-refractivity contribution < 1.29 is 14.4 Å². The van der Waals surface area contributed by atoms with E-state index in [1.165, 1.54) is 4.90 Å². The van der Waals surface area contributed by atoms with Gasteiger partial charge in [0.1, 0.15) is 5.41 Å². The van der Waals surface area contributed by atoms with E-state index in [2.05, 4.69) is 12.2 Å². The van der Waals surface area contributed by atoms with Crippen LogP contribution in [0.25, 0.3) is 0 Å². The van der Waals surface area contributed by atoms with Gasteiger partial charge in [0, 0.05) is 6.54 Å². The van der Waals surface area contributed by atoms with E-state index in [0.29, 0.717) is 19.4 Å². The quantitative estimate of drug-likeness (QED) is 0.787. The van der Waals surface area contributed by atoms with E-state index in [4.69, 9.17) is 0 Å². The van der Waals surface area contributed by atoms with Gasteiger partial charge in [-0.25, -0.2) is 4.79 Å². The molecule has 3 rings (SSSR count). The lowest BCUT2D eigenvalue weighted by molar-refractivity contribution is -0.152. The number of amides is 4. The molecule has 3 aliphatic rings. The van der Waals surface area contributed by atoms with Crippen molar-refractivity contribution >= 4 is 17.8 Å². The number of nitrogens with zero attached hydrogens (tertiary/aromatic N) is 1. The molecule has 20 heavy (non-hydrogen) atoms. The summed E-state index contributed by atoms with van der Waals surface area (Å²) in [4.78, 5) is 38.2. The van der Waals surface area contributed by atoms with Crippen molar-refractivity contribution in [2.24, 2.45) is 10.8 Å². The number of rotatable bonds is 2. The van der Waals surface area contributed by atoms with Crippen molar-refractivity contribution in [2.45, 2.75) is 58.3 Å². The lowest BCUT2D eigenvalue weighted by atomic mass is 9.80. The van der Waals surface area contributed by atoms with Crippen LogP contribution in [0.1, 0.15) is 58.3 Å². The maximum Gasteiger partial charge on any atom is 0.330 e. The van der Waals surface area contributed by atoms with E-state index in [-0.39, 0.29) is 17.2 Å². The second kappa shape index (κ2) is 4.57. The molecule has 1 spiro atoms. The minimum atomic E-state index is -0.955. The highest BCUT2D eigenvalue weighted by molar-refractivity contribution is 6.19. The van der Waals surface area contributed by atoms with Gasteiger partial charge in [0.25, 0.3) is 0 Å². The molecule has 2 aliphatic carbocycles. The number of barbiturate groups is 1. The molecule has 110 valence electrons. The van der Waals surface area contributed by atoms with E-state index in [1.54, 1.807) is 0 Å². The first-order valence-electron chi connectivity index (χ1n) is 7.64. The second-order valence-corrected chi connectivity index (χ2v) is 6.96. The fraction of sp³-hybridized carbons (Fsp3) is 0.800. The number of hydrogen-bond acceptors (Lipinski definition) is 3. The third-order valence-corrected chi connectivity index (χ3v) is 5.36. The highest BCUT2D eigenvalue weighted by Gasteiger charge is 2.55. The molecule has 0 bridgehead atoms. The third kappa shape index (κ3) is 1.95. The lowest BCUT2D eigenvalue weighted by Crippen LogP contribution is -2.64. The molecule has 0 aromatic rings. The van der Waals surface area contributed by atoms with E-state index >= 15 is 0 Å². The van der Waals surface area contributed by atoms with E-state index < -0.39 is 11.4 Å². The highest BCUT2D eigenvalue weighted by atomic mass is 16.2. The molecule has 3 fully saturated rings. The molecule has 0 radical (unpaired) electrons. The summed E-state index contributed by atoms with van der Waals surface area (Å²) in [5.41, 5.74) is -0.934. The van der Waals surface area contributed by atoms with Gasteiger partial charge >= 0.3 is 6.03 Å². The average Bonchev–Trinajstić information content (AvgIpc) is 3.03. The van der Waals surface area contributed by atoms with Crippen molar-refractivity contribution in [1.29, 1.82) is 0 Å². The summed E-state index contributed by atoms with van der Waals surface area (Å²) in [6.45, 7) is 2.59. The molecular weight excluding hydrogens is 256 g/mol. The van der Waals surface area contributed by atoms with Crippen LogP contribution in [0.3, 0.4) is 0 Å². The van der Waals surface area contributed by atoms with Crippen LogP contribution in [0.2, 0.25) is 0 Å². The molecule has 0 aromatic heterocycles. The smallest absolute Gasteiger partial charge is 0.277 e. The Morgan fingerprint density at radius 1 is 1.00 bits per heavy atom. The van der Waals surface area contributed by atoms with Gasteiger partial charge in [-0.1, -0.05) is 32.6 Å². The number of hydrogen-bond donors (Lipinski definition) is 1. The van der Waals surface area contributed by atoms with Gasteiger partial charge in [0.2, 0.25) is 11.8 Å². The van der Waals surface area contributed by atoms with Crippen molar-refractivity contribution in [2.75, 3.05) is 6.54 Å². The Kier molecular flexibility index (Phi) is 3.10. The van der Waals surface area contributed by atoms with Gasteiger partial charge in [-0.3, -0.25) is 19.8 Å². The Morgan fingerprint density at radius 2 is 1.55 bits per heavy atom. The summed E-state index contributed by atoms with van der Waals surface area (Å²) in [5, 5.41) is 2.41. The zero-order valence-electron chi connectivity index (χ0n) is 12.0. The summed E-state index contributed by atoms with van der Waals surface area (Å²) in [6.07, 6.45) is 7.34. The normalized spacial score (nSPS) is 28.2. The Hall–Kier alpha value is -1.39. The Morgan fingerprint density at radius 3 is 2.15 bits per heavy atom. The number of imide groups is 2. The van der Waals surface area contributed by atoms with Crippen LogP contribution in [0.15, 0.2) is 0 Å². The molecule has 0 aromatic carbocycles. The first-order valence-corrected chi connectivity index (χ1v) is 7.64. The SMILES string of the molecule is CC1(CN2C(=O)NC(=O)C3(CCCC3)C2=O)CCCC1. The predicted molar refractivity (Wildman–Crippen MR) is 72.7 cm³/mol. The first kappa shape index (κ1) is 13.6. The number of carbonyl (C=O) groups excluding carboxylic acids is 3. The van der Waals surface area contributed by atoms with Crippen LogP contribution in [0, 0.1) is 10.8 Å². The standard InChI is InChI=1S/C15H22N2O3/c1-14(6-2-3-7-14)10-17-12(19)15(8-4-5-9-15)11(18)16-13(17)20/h2-10H2,1H3,(H,16,18,20). The van der Waals surface area contributed by atoms with Crippen molar-refractivity contribution in [3.05, 3.63) is 0 Å². The molecule has 5 nitrogen and oxygen atoms in total. The highest BCUT2D eigenvalue weighted by Crippen LogP contribution is 2.44. The summed E-state index contributed by atoms with van der Waals surface area (Å²) >= 11 is 0. The largest absolute Gasteiger partial charge is 0.330 e. The van der Waals surface area contributed by atoms with E-state index in [0.717, 1.165) is 38.5 Å². The van der Waals surface area contributed by atoms with Crippen LogP contribution >= 0.6 is 0 Å². The van der Waals surface area contributed by atoms with E-state index in [1.807, 2.05) is 0 Å². The number of carbonyl (C=O) groups is 3. The molecule has 1 aliphatic heterocycles. The van der Waals surface area contributed by atoms with Crippen LogP contribution in [-0.2, 0) is 9.59 Å². The van der Waals surface area contributed by atoms with Gasteiger partial charge in [-0.05, 0) is 31.1 Å². The van der Waals surface area contributed by atoms with Crippen LogP contribution in [-0.4, -0.2) is 29.3 Å². The average molecular weight is 278 g/mol. The Balaban J connectivity index is 1.84. The summed E-state index contributed by atoms with van der Waals surface area (Å²) < 4.78 is 0. The molecule has 1 N–H and O–H groups in total. The fourth-order valence-corrected chi connectivity index (χ4v) is 4.06. The minimum absolute atomic E-state index is 0.0210. The van der Waals surface area contributed by atoms with Gasteiger partial charge in [-0.2, -0.15) is 0 Å². The van der Waals surface area contributed by atoms with Gasteiger partial charge in [-0.15, -0.1) is 0 Å². The predicted octanol–water partition coefficient (Wildman–Crippen LogP) is 2.21. The molecule has 1 saturated heterocycles. The molecule has 5 heteroatoms. The van der Waals surface area contributed by atoms with Crippen LogP contribution in [0.4, 0.5) is 4.79 Å². The third-order valence-electron chi connectivity index (χ3n) is 5.36. The van der Waals surface area contributed by atoms with E-state index in [9.17, 15) is 14.4 Å². The molecular formula is C15H22N2O3. The minimum Gasteiger partial charge on any atom is -0.277 e. The van der Waals surface area contributed by atoms with Crippen molar-refractivity contribution in [3.8, 4) is 0 Å². The lowest BCUT2D eigenvalue weighted by Gasteiger charge is -2.40. The molecule has 2 saturated carbocycles. The molecule has 0 atom stereocenters. The Bertz CT molecular complexity index is 460. The molecule has 1 heterocycles. The molecule has 0 unspecified atom stereocenters. The maximum atomic E-state index is 12.7.